The van der Waals surface area contributed by atoms with E-state index in [1.165, 1.54) is 7.05 Å². The maximum atomic E-state index is 11.9. The minimum absolute atomic E-state index is 0.183. The molecule has 2 aromatic rings. The number of methoxy groups -OCH3 is 1. The van der Waals surface area contributed by atoms with Crippen molar-refractivity contribution >= 4 is 29.2 Å². The van der Waals surface area contributed by atoms with Gasteiger partial charge in [-0.15, -0.1) is 0 Å². The maximum absolute atomic E-state index is 11.9. The van der Waals surface area contributed by atoms with Crippen molar-refractivity contribution in [2.75, 3.05) is 51.9 Å². The summed E-state index contributed by atoms with van der Waals surface area (Å²) in [5.74, 6) is 0.757. The highest BCUT2D eigenvalue weighted by molar-refractivity contribution is 5.67. The first kappa shape index (κ1) is 28.4. The largest absolute Gasteiger partial charge is 0.497 e. The van der Waals surface area contributed by atoms with Gasteiger partial charge >= 0.3 is 12.2 Å². The first-order valence-electron chi connectivity index (χ1n) is 12.2. The predicted molar refractivity (Wildman–Crippen MR) is 140 cm³/mol. The Labute approximate surface area is 213 Å². The minimum atomic E-state index is -0.497. The molecule has 0 unspecified atom stereocenters. The van der Waals surface area contributed by atoms with Gasteiger partial charge in [-0.1, -0.05) is 26.2 Å². The second-order valence-electron chi connectivity index (χ2n) is 7.91. The van der Waals surface area contributed by atoms with E-state index in [0.29, 0.717) is 31.0 Å². The van der Waals surface area contributed by atoms with Crippen LogP contribution in [0.1, 0.15) is 32.6 Å². The average Bonchev–Trinajstić information content (AvgIpc) is 2.91. The molecular weight excluding hydrogens is 462 g/mol. The Hall–Kier alpha value is -3.82. The van der Waals surface area contributed by atoms with Gasteiger partial charge in [-0.25, -0.2) is 9.59 Å². The molecule has 0 heterocycles. The van der Waals surface area contributed by atoms with Crippen molar-refractivity contribution in [1.29, 1.82) is 0 Å². The van der Waals surface area contributed by atoms with E-state index < -0.39 is 12.2 Å². The Morgan fingerprint density at radius 3 is 1.97 bits per heavy atom. The quantitative estimate of drug-likeness (QED) is 0.244. The summed E-state index contributed by atoms with van der Waals surface area (Å²) in [6.07, 6.45) is 3.41. The van der Waals surface area contributed by atoms with Gasteiger partial charge in [0.2, 0.25) is 0 Å². The van der Waals surface area contributed by atoms with Gasteiger partial charge in [-0.2, -0.15) is 10.2 Å². The second-order valence-corrected chi connectivity index (χ2v) is 7.91. The third kappa shape index (κ3) is 11.1. The molecule has 0 atom stereocenters. The van der Waals surface area contributed by atoms with Crippen LogP contribution in [0.2, 0.25) is 0 Å². The number of anilines is 1. The van der Waals surface area contributed by atoms with Gasteiger partial charge in [-0.3, -0.25) is 0 Å². The third-order valence-electron chi connectivity index (χ3n) is 5.26. The van der Waals surface area contributed by atoms with Gasteiger partial charge in [0.05, 0.1) is 31.6 Å². The van der Waals surface area contributed by atoms with Crippen molar-refractivity contribution < 1.29 is 23.8 Å². The van der Waals surface area contributed by atoms with E-state index in [1.807, 2.05) is 53.4 Å². The number of rotatable bonds is 15. The monoisotopic (exact) mass is 499 g/mol. The number of carbonyl (C=O) groups is 2. The lowest BCUT2D eigenvalue weighted by molar-refractivity contribution is 0.145. The molecule has 0 bridgehead atoms. The van der Waals surface area contributed by atoms with Crippen LogP contribution in [0.5, 0.6) is 5.75 Å². The van der Waals surface area contributed by atoms with Crippen molar-refractivity contribution in [3.8, 4) is 5.75 Å². The van der Waals surface area contributed by atoms with E-state index in [9.17, 15) is 9.59 Å². The molecular formula is C26H37N5O5. The van der Waals surface area contributed by atoms with Gasteiger partial charge < -0.3 is 29.7 Å². The highest BCUT2D eigenvalue weighted by Crippen LogP contribution is 2.23. The maximum Gasteiger partial charge on any atom is 0.407 e. The van der Waals surface area contributed by atoms with Crippen molar-refractivity contribution in [2.24, 2.45) is 10.2 Å². The molecule has 2 N–H and O–H groups in total. The Bertz CT molecular complexity index is 935. The fraction of sp³-hybridized carbons (Fsp3) is 0.462. The van der Waals surface area contributed by atoms with Crippen LogP contribution in [0.25, 0.3) is 0 Å². The molecule has 10 nitrogen and oxygen atoms in total. The Balaban J connectivity index is 1.91. The topological polar surface area (TPSA) is 114 Å². The van der Waals surface area contributed by atoms with Crippen molar-refractivity contribution in [3.05, 3.63) is 48.5 Å². The molecule has 2 aromatic carbocycles. The van der Waals surface area contributed by atoms with E-state index in [4.69, 9.17) is 14.2 Å². The second kappa shape index (κ2) is 16.7. The normalized spacial score (nSPS) is 10.6. The van der Waals surface area contributed by atoms with Crippen LogP contribution in [0.3, 0.4) is 0 Å². The van der Waals surface area contributed by atoms with Crippen LogP contribution >= 0.6 is 0 Å². The van der Waals surface area contributed by atoms with E-state index in [1.54, 1.807) is 7.11 Å². The number of hydrogen-bond acceptors (Lipinski definition) is 8. The summed E-state index contributed by atoms with van der Waals surface area (Å²) in [6, 6.07) is 14.8. The lowest BCUT2D eigenvalue weighted by Crippen LogP contribution is -2.34. The molecule has 0 radical (unpaired) electrons. The number of nitrogens with zero attached hydrogens (tertiary/aromatic N) is 3. The fourth-order valence-electron chi connectivity index (χ4n) is 3.23. The summed E-state index contributed by atoms with van der Waals surface area (Å²) in [6.45, 7) is 4.00. The number of ether oxygens (including phenoxy) is 3. The van der Waals surface area contributed by atoms with Crippen molar-refractivity contribution in [2.45, 2.75) is 32.6 Å². The number of alkyl carbamates (subject to hydrolysis) is 2. The van der Waals surface area contributed by atoms with Gasteiger partial charge in [-0.05, 0) is 55.0 Å². The van der Waals surface area contributed by atoms with Crippen LogP contribution in [-0.4, -0.2) is 59.2 Å². The SMILES string of the molecule is CCCCCCNC(=O)OCCN(CCOC(=O)NC)c1ccc(N=Nc2ccc(OC)cc2)cc1. The molecule has 36 heavy (non-hydrogen) atoms. The number of unbranched alkanes of at least 4 members (excludes halogenated alkanes) is 3. The summed E-state index contributed by atoms with van der Waals surface area (Å²) in [5, 5.41) is 13.7. The van der Waals surface area contributed by atoms with Crippen LogP contribution in [-0.2, 0) is 9.47 Å². The van der Waals surface area contributed by atoms with Gasteiger partial charge in [0.25, 0.3) is 0 Å². The summed E-state index contributed by atoms with van der Waals surface area (Å²) in [5.41, 5.74) is 2.28. The summed E-state index contributed by atoms with van der Waals surface area (Å²) < 4.78 is 15.6. The molecule has 2 rings (SSSR count). The van der Waals surface area contributed by atoms with E-state index in [2.05, 4.69) is 27.8 Å². The summed E-state index contributed by atoms with van der Waals surface area (Å²) in [7, 11) is 3.12. The zero-order chi connectivity index (χ0) is 26.0. The molecule has 0 aromatic heterocycles. The predicted octanol–water partition coefficient (Wildman–Crippen LogP) is 5.58. The number of benzene rings is 2. The molecule has 196 valence electrons. The first-order valence-corrected chi connectivity index (χ1v) is 12.2. The van der Waals surface area contributed by atoms with Crippen molar-refractivity contribution in [1.82, 2.24) is 10.6 Å². The van der Waals surface area contributed by atoms with E-state index >= 15 is 0 Å². The standard InChI is InChI=1S/C26H37N5O5/c1-4-5-6-7-16-28-26(33)36-20-18-31(17-19-35-25(32)27-2)23-12-8-21(9-13-23)29-30-22-10-14-24(34-3)15-11-22/h8-15H,4-7,16-20H2,1-3H3,(H,27,32)(H,28,33). The first-order chi connectivity index (χ1) is 17.5. The zero-order valence-corrected chi connectivity index (χ0v) is 21.4. The molecule has 0 saturated carbocycles. The molecule has 0 fully saturated rings. The summed E-state index contributed by atoms with van der Waals surface area (Å²) in [4.78, 5) is 25.3. The fourth-order valence-corrected chi connectivity index (χ4v) is 3.23. The third-order valence-corrected chi connectivity index (χ3v) is 5.26. The molecule has 0 aliphatic carbocycles. The minimum Gasteiger partial charge on any atom is -0.497 e. The zero-order valence-electron chi connectivity index (χ0n) is 21.4. The van der Waals surface area contributed by atoms with E-state index in [0.717, 1.165) is 37.1 Å². The van der Waals surface area contributed by atoms with Gasteiger partial charge in [0.1, 0.15) is 19.0 Å². The van der Waals surface area contributed by atoms with Crippen molar-refractivity contribution in [3.63, 3.8) is 0 Å². The number of hydrogen-bond donors (Lipinski definition) is 2. The van der Waals surface area contributed by atoms with Gasteiger partial charge in [0, 0.05) is 19.3 Å². The Kier molecular flexibility index (Phi) is 13.2. The summed E-state index contributed by atoms with van der Waals surface area (Å²) >= 11 is 0. The van der Waals surface area contributed by atoms with Crippen LogP contribution < -0.4 is 20.3 Å². The highest BCUT2D eigenvalue weighted by atomic mass is 16.6. The number of azo groups is 1. The lowest BCUT2D eigenvalue weighted by Gasteiger charge is -2.24. The highest BCUT2D eigenvalue weighted by Gasteiger charge is 2.10. The number of carbonyl (C=O) groups excluding carboxylic acids is 2. The number of nitrogens with one attached hydrogen (secondary N) is 2. The molecule has 2 amide bonds. The Morgan fingerprint density at radius 2 is 1.42 bits per heavy atom. The Morgan fingerprint density at radius 1 is 0.833 bits per heavy atom. The van der Waals surface area contributed by atoms with Gasteiger partial charge in [0.15, 0.2) is 0 Å². The van der Waals surface area contributed by atoms with Crippen LogP contribution in [0.4, 0.5) is 26.7 Å². The molecule has 0 aliphatic rings. The molecule has 0 aliphatic heterocycles. The molecule has 0 spiro atoms. The van der Waals surface area contributed by atoms with E-state index in [-0.39, 0.29) is 13.2 Å². The number of amides is 2. The average molecular weight is 500 g/mol. The molecule has 0 saturated heterocycles. The smallest absolute Gasteiger partial charge is 0.407 e. The lowest BCUT2D eigenvalue weighted by atomic mass is 10.2. The molecule has 10 heteroatoms. The van der Waals surface area contributed by atoms with Crippen LogP contribution in [0, 0.1) is 0 Å². The van der Waals surface area contributed by atoms with Crippen LogP contribution in [0.15, 0.2) is 58.8 Å².